The quantitative estimate of drug-likeness (QED) is 0.548. The normalized spacial score (nSPS) is 11.1. The highest BCUT2D eigenvalue weighted by Gasteiger charge is 2.17. The molecule has 1 aromatic carbocycles. The van der Waals surface area contributed by atoms with Crippen molar-refractivity contribution in [3.05, 3.63) is 85.2 Å². The maximum absolute atomic E-state index is 12.3. The van der Waals surface area contributed by atoms with E-state index in [4.69, 9.17) is 4.74 Å². The number of hydrogen-bond acceptors (Lipinski definition) is 4. The minimum Gasteiger partial charge on any atom is -0.493 e. The van der Waals surface area contributed by atoms with Gasteiger partial charge in [-0.3, -0.25) is 19.6 Å². The predicted molar refractivity (Wildman–Crippen MR) is 98.2 cm³/mol. The molecule has 1 aromatic heterocycles. The molecule has 7 heteroatoms. The molecule has 2 aliphatic rings. The number of nitrogens with one attached hydrogen (secondary N) is 2. The van der Waals surface area contributed by atoms with Crippen molar-refractivity contribution in [2.45, 2.75) is 6.54 Å². The van der Waals surface area contributed by atoms with Crippen LogP contribution in [0.3, 0.4) is 0 Å². The van der Waals surface area contributed by atoms with E-state index >= 15 is 0 Å². The highest BCUT2D eigenvalue weighted by atomic mass is 16.5. The first-order valence-corrected chi connectivity index (χ1v) is 7.98. The average Bonchev–Trinajstić information content (AvgIpc) is 2.63. The van der Waals surface area contributed by atoms with Crippen molar-refractivity contribution in [1.29, 1.82) is 0 Å². The van der Waals surface area contributed by atoms with E-state index in [0.717, 1.165) is 5.56 Å². The fourth-order valence-corrected chi connectivity index (χ4v) is 3.11. The van der Waals surface area contributed by atoms with Gasteiger partial charge in [-0.05, 0) is 17.7 Å². The second-order valence-corrected chi connectivity index (χ2v) is 5.95. The predicted octanol–water partition coefficient (Wildman–Crippen LogP) is 1.54. The van der Waals surface area contributed by atoms with Crippen LogP contribution in [0.25, 0.3) is 22.3 Å². The molecule has 0 fully saturated rings. The van der Waals surface area contributed by atoms with Crippen molar-refractivity contribution in [2.75, 3.05) is 7.11 Å². The molecule has 0 saturated heterocycles. The van der Waals surface area contributed by atoms with Crippen LogP contribution in [0.5, 0.6) is 5.75 Å². The summed E-state index contributed by atoms with van der Waals surface area (Å²) in [6.07, 6.45) is 0. The number of hydrogen-bond donors (Lipinski definition) is 2. The van der Waals surface area contributed by atoms with Crippen LogP contribution in [-0.2, 0) is 6.54 Å². The summed E-state index contributed by atoms with van der Waals surface area (Å²) in [5, 5.41) is 0.328. The van der Waals surface area contributed by atoms with Gasteiger partial charge in [0.25, 0.3) is 5.56 Å². The van der Waals surface area contributed by atoms with Gasteiger partial charge in [0.1, 0.15) is 5.65 Å². The van der Waals surface area contributed by atoms with Crippen LogP contribution < -0.4 is 21.4 Å². The number of H-pyrrole nitrogens is 2. The number of ether oxygens (including phenoxy) is 1. The van der Waals surface area contributed by atoms with Crippen molar-refractivity contribution < 1.29 is 4.74 Å². The maximum atomic E-state index is 12.3. The van der Waals surface area contributed by atoms with Gasteiger partial charge in [0.15, 0.2) is 5.75 Å². The van der Waals surface area contributed by atoms with Gasteiger partial charge >= 0.3 is 5.69 Å². The Labute approximate surface area is 146 Å². The van der Waals surface area contributed by atoms with Gasteiger partial charge in [0.2, 0.25) is 5.43 Å². The molecule has 7 nitrogen and oxygen atoms in total. The molecule has 0 saturated carbocycles. The number of nitrogens with zero attached hydrogens (tertiary/aromatic N) is 1. The van der Waals surface area contributed by atoms with E-state index in [1.165, 1.54) is 13.2 Å². The van der Waals surface area contributed by atoms with Gasteiger partial charge in [0.05, 0.1) is 18.2 Å². The van der Waals surface area contributed by atoms with Gasteiger partial charge in [-0.1, -0.05) is 30.3 Å². The Hall–Kier alpha value is -3.61. The second kappa shape index (κ2) is 6.03. The fourth-order valence-electron chi connectivity index (χ4n) is 3.11. The summed E-state index contributed by atoms with van der Waals surface area (Å²) < 4.78 is 6.87. The van der Waals surface area contributed by atoms with Gasteiger partial charge in [-0.25, -0.2) is 4.79 Å². The molecule has 0 bridgehead atoms. The van der Waals surface area contributed by atoms with E-state index in [0.29, 0.717) is 28.8 Å². The molecular weight excluding hydrogens is 334 g/mol. The highest BCUT2D eigenvalue weighted by molar-refractivity contribution is 5.83. The molecule has 26 heavy (non-hydrogen) atoms. The van der Waals surface area contributed by atoms with E-state index in [-0.39, 0.29) is 11.2 Å². The number of rotatable bonds is 3. The molecule has 2 N–H and O–H groups in total. The summed E-state index contributed by atoms with van der Waals surface area (Å²) in [7, 11) is 1.42. The van der Waals surface area contributed by atoms with Crippen LogP contribution in [0.15, 0.2) is 62.9 Å². The van der Waals surface area contributed by atoms with Crippen LogP contribution in [0.4, 0.5) is 0 Å². The van der Waals surface area contributed by atoms with Crippen molar-refractivity contribution in [1.82, 2.24) is 14.5 Å². The maximum Gasteiger partial charge on any atom is 0.327 e. The third-order valence-electron chi connectivity index (χ3n) is 4.32. The summed E-state index contributed by atoms with van der Waals surface area (Å²) in [4.78, 5) is 41.3. The first-order chi connectivity index (χ1) is 12.6. The Morgan fingerprint density at radius 2 is 1.77 bits per heavy atom. The summed E-state index contributed by atoms with van der Waals surface area (Å²) in [6.45, 7) is 0.389. The van der Waals surface area contributed by atoms with Crippen LogP contribution in [0.1, 0.15) is 5.56 Å². The fraction of sp³-hybridized carbons (Fsp3) is 0.105. The van der Waals surface area contributed by atoms with Crippen molar-refractivity contribution in [2.24, 2.45) is 0 Å². The van der Waals surface area contributed by atoms with E-state index in [2.05, 4.69) is 9.97 Å². The number of aromatic nitrogens is 3. The smallest absolute Gasteiger partial charge is 0.327 e. The molecule has 1 aliphatic heterocycles. The SMILES string of the molecule is COc1cc2cc3c(=O)[nH]c(=O)[nH]c3n(Cc3ccccc3)c-2cc1=O. The van der Waals surface area contributed by atoms with E-state index in [1.54, 1.807) is 16.7 Å². The third kappa shape index (κ3) is 2.59. The molecule has 0 amide bonds. The van der Waals surface area contributed by atoms with E-state index < -0.39 is 11.2 Å². The topological polar surface area (TPSA) is 96.9 Å². The molecule has 4 rings (SSSR count). The lowest BCUT2D eigenvalue weighted by atomic mass is 10.1. The average molecular weight is 349 g/mol. The second-order valence-electron chi connectivity index (χ2n) is 5.95. The summed E-state index contributed by atoms with van der Waals surface area (Å²) in [6, 6.07) is 14.3. The Bertz CT molecular complexity index is 1250. The molecule has 0 spiro atoms. The molecule has 2 aromatic rings. The third-order valence-corrected chi connectivity index (χ3v) is 4.32. The zero-order chi connectivity index (χ0) is 18.3. The molecule has 2 heterocycles. The number of methoxy groups -OCH3 is 1. The Morgan fingerprint density at radius 1 is 1.00 bits per heavy atom. The molecule has 130 valence electrons. The van der Waals surface area contributed by atoms with Crippen molar-refractivity contribution in [3.8, 4) is 17.0 Å². The standard InChI is InChI=1S/C19H15N3O4/c1-26-16-8-12-7-13-17(20-19(25)21-18(13)24)22(14(12)9-15(16)23)10-11-5-3-2-4-6-11/h2-9H,10H2,1H3,(H2,20,21,24,25). The minimum atomic E-state index is -0.598. The van der Waals surface area contributed by atoms with Crippen molar-refractivity contribution >= 4 is 11.0 Å². The Balaban J connectivity index is 2.13. The largest absolute Gasteiger partial charge is 0.493 e. The molecule has 1 aliphatic carbocycles. The highest BCUT2D eigenvalue weighted by Crippen LogP contribution is 2.28. The first kappa shape index (κ1) is 15.9. The number of fused-ring (bicyclic) bond motifs is 2. The first-order valence-electron chi connectivity index (χ1n) is 7.98. The van der Waals surface area contributed by atoms with Crippen LogP contribution >= 0.6 is 0 Å². The Morgan fingerprint density at radius 3 is 2.50 bits per heavy atom. The van der Waals surface area contributed by atoms with Gasteiger partial charge in [-0.15, -0.1) is 0 Å². The minimum absolute atomic E-state index is 0.198. The van der Waals surface area contributed by atoms with Crippen LogP contribution in [0, 0.1) is 0 Å². The van der Waals surface area contributed by atoms with Crippen LogP contribution in [0.2, 0.25) is 0 Å². The molecule has 0 unspecified atom stereocenters. The van der Waals surface area contributed by atoms with Gasteiger partial charge < -0.3 is 9.30 Å². The summed E-state index contributed by atoms with van der Waals surface area (Å²) >= 11 is 0. The zero-order valence-electron chi connectivity index (χ0n) is 13.9. The lowest BCUT2D eigenvalue weighted by molar-refractivity contribution is 0.411. The van der Waals surface area contributed by atoms with Gasteiger partial charge in [-0.2, -0.15) is 0 Å². The Kier molecular flexibility index (Phi) is 3.69. The lowest BCUT2D eigenvalue weighted by Gasteiger charge is -2.19. The lowest BCUT2D eigenvalue weighted by Crippen LogP contribution is -2.25. The van der Waals surface area contributed by atoms with E-state index in [1.807, 2.05) is 30.3 Å². The summed E-state index contributed by atoms with van der Waals surface area (Å²) in [5.74, 6) is 0.198. The zero-order valence-corrected chi connectivity index (χ0v) is 13.9. The number of pyridine rings is 1. The van der Waals surface area contributed by atoms with Crippen LogP contribution in [-0.4, -0.2) is 21.6 Å². The van der Waals surface area contributed by atoms with E-state index in [9.17, 15) is 14.4 Å². The summed E-state index contributed by atoms with van der Waals surface area (Å²) in [5.41, 5.74) is 1.25. The molecule has 0 atom stereocenters. The van der Waals surface area contributed by atoms with Crippen molar-refractivity contribution in [3.63, 3.8) is 0 Å². The van der Waals surface area contributed by atoms with Gasteiger partial charge in [0, 0.05) is 18.2 Å². The molecule has 0 radical (unpaired) electrons. The monoisotopic (exact) mass is 349 g/mol. The molecular formula is C19H15N3O4. The number of aromatic amines is 2. The number of benzene rings is 2.